The van der Waals surface area contributed by atoms with Gasteiger partial charge in [-0.15, -0.1) is 0 Å². The number of rotatable bonds is 3. The van der Waals surface area contributed by atoms with Gasteiger partial charge in [0.05, 0.1) is 5.54 Å². The highest BCUT2D eigenvalue weighted by molar-refractivity contribution is 6.06. The topological polar surface area (TPSA) is 12.4 Å². The molecule has 1 spiro atoms. The first-order valence-corrected chi connectivity index (χ1v) is 4.46. The van der Waals surface area contributed by atoms with Gasteiger partial charge in [-0.25, -0.2) is 0 Å². The third-order valence-electron chi connectivity index (χ3n) is 2.78. The second-order valence-electron chi connectivity index (χ2n) is 3.55. The van der Waals surface area contributed by atoms with E-state index in [4.69, 9.17) is 0 Å². The average Bonchev–Trinajstić information content (AvgIpc) is 2.56. The van der Waals surface area contributed by atoms with Gasteiger partial charge in [0, 0.05) is 5.71 Å². The van der Waals surface area contributed by atoms with Gasteiger partial charge < -0.3 is 0 Å². The molecule has 10 heavy (non-hydrogen) atoms. The molecule has 0 aromatic rings. The first-order chi connectivity index (χ1) is 4.87. The summed E-state index contributed by atoms with van der Waals surface area (Å²) in [5.41, 5.74) is 2.02. The number of hydrogen-bond acceptors (Lipinski definition) is 1. The Kier molecular flexibility index (Phi) is 1.33. The predicted octanol–water partition coefficient (Wildman–Crippen LogP) is 2.55. The second-order valence-corrected chi connectivity index (χ2v) is 3.55. The van der Waals surface area contributed by atoms with Crippen LogP contribution in [0.25, 0.3) is 0 Å². The molecule has 0 atom stereocenters. The van der Waals surface area contributed by atoms with Crippen molar-refractivity contribution in [3.8, 4) is 0 Å². The zero-order valence-electron chi connectivity index (χ0n) is 6.69. The third kappa shape index (κ3) is 0.799. The Hall–Kier alpha value is -0.330. The fourth-order valence-corrected chi connectivity index (χ4v) is 1.78. The Bertz CT molecular complexity index is 166. The molecule has 0 N–H and O–H groups in total. The quantitative estimate of drug-likeness (QED) is 0.567. The van der Waals surface area contributed by atoms with E-state index in [9.17, 15) is 0 Å². The minimum atomic E-state index is 0.481. The molecular formula is C9H15N. The van der Waals surface area contributed by atoms with Gasteiger partial charge in [-0.05, 0) is 32.1 Å². The Morgan fingerprint density at radius 3 is 2.70 bits per heavy atom. The maximum absolute atomic E-state index is 4.55. The van der Waals surface area contributed by atoms with Gasteiger partial charge in [-0.1, -0.05) is 13.3 Å². The number of unbranched alkanes of at least 4 members (excludes halogenated alkanes) is 1. The van der Waals surface area contributed by atoms with Crippen LogP contribution in [0.5, 0.6) is 0 Å². The molecule has 1 aliphatic carbocycles. The molecule has 2 aliphatic rings. The molecule has 0 unspecified atom stereocenters. The van der Waals surface area contributed by atoms with E-state index in [1.807, 2.05) is 0 Å². The van der Waals surface area contributed by atoms with Crippen molar-refractivity contribution in [2.75, 3.05) is 0 Å². The van der Waals surface area contributed by atoms with Crippen LogP contribution in [-0.4, -0.2) is 11.3 Å². The van der Waals surface area contributed by atoms with Gasteiger partial charge in [0.25, 0.3) is 0 Å². The highest BCUT2D eigenvalue weighted by Crippen LogP contribution is 2.47. The van der Waals surface area contributed by atoms with Crippen LogP contribution in [0.1, 0.15) is 45.4 Å². The van der Waals surface area contributed by atoms with E-state index in [1.54, 1.807) is 5.71 Å². The monoisotopic (exact) mass is 137 g/mol. The van der Waals surface area contributed by atoms with Crippen LogP contribution in [0.2, 0.25) is 0 Å². The van der Waals surface area contributed by atoms with Crippen molar-refractivity contribution in [3.63, 3.8) is 0 Å². The standard InChI is InChI=1S/C9H15N/c1-2-3-5-8-9(10-8)6-4-7-9/h2-7H2,1H3. The second kappa shape index (κ2) is 2.08. The molecule has 0 aromatic heterocycles. The van der Waals surface area contributed by atoms with E-state index < -0.39 is 0 Å². The number of nitrogens with zero attached hydrogens (tertiary/aromatic N) is 1. The van der Waals surface area contributed by atoms with E-state index in [0.717, 1.165) is 0 Å². The van der Waals surface area contributed by atoms with Crippen molar-refractivity contribution in [3.05, 3.63) is 0 Å². The first kappa shape index (κ1) is 6.38. The van der Waals surface area contributed by atoms with Crippen molar-refractivity contribution < 1.29 is 0 Å². The molecule has 0 amide bonds. The van der Waals surface area contributed by atoms with Crippen LogP contribution in [0.3, 0.4) is 0 Å². The molecule has 1 heterocycles. The normalized spacial score (nSPS) is 25.9. The van der Waals surface area contributed by atoms with Crippen LogP contribution in [-0.2, 0) is 0 Å². The summed E-state index contributed by atoms with van der Waals surface area (Å²) in [6, 6.07) is 0. The van der Waals surface area contributed by atoms with Crippen LogP contribution in [0, 0.1) is 0 Å². The van der Waals surface area contributed by atoms with E-state index in [0.29, 0.717) is 5.54 Å². The molecule has 2 rings (SSSR count). The molecule has 1 heteroatoms. The van der Waals surface area contributed by atoms with Gasteiger partial charge in [-0.2, -0.15) is 0 Å². The van der Waals surface area contributed by atoms with Gasteiger partial charge >= 0.3 is 0 Å². The lowest BCUT2D eigenvalue weighted by molar-refractivity contribution is 0.397. The van der Waals surface area contributed by atoms with Gasteiger partial charge in [0.1, 0.15) is 0 Å². The number of aliphatic imine (C=N–C) groups is 1. The summed E-state index contributed by atoms with van der Waals surface area (Å²) in [7, 11) is 0. The molecule has 0 aromatic carbocycles. The maximum atomic E-state index is 4.55. The highest BCUT2D eigenvalue weighted by atomic mass is 15.1. The summed E-state index contributed by atoms with van der Waals surface area (Å²) in [5.74, 6) is 0. The van der Waals surface area contributed by atoms with Crippen LogP contribution in [0.4, 0.5) is 0 Å². The van der Waals surface area contributed by atoms with Crippen molar-refractivity contribution in [2.24, 2.45) is 4.99 Å². The Balaban J connectivity index is 1.73. The molecule has 1 fully saturated rings. The zero-order chi connectivity index (χ0) is 7.03. The van der Waals surface area contributed by atoms with Gasteiger partial charge in [0.15, 0.2) is 0 Å². The molecule has 0 radical (unpaired) electrons. The van der Waals surface area contributed by atoms with Crippen LogP contribution >= 0.6 is 0 Å². The predicted molar refractivity (Wildman–Crippen MR) is 43.5 cm³/mol. The minimum absolute atomic E-state index is 0.481. The Morgan fingerprint density at radius 2 is 2.30 bits per heavy atom. The summed E-state index contributed by atoms with van der Waals surface area (Å²) in [6.45, 7) is 2.25. The van der Waals surface area contributed by atoms with E-state index in [-0.39, 0.29) is 0 Å². The SMILES string of the molecule is CCCCC1=NC12CCC2. The first-order valence-electron chi connectivity index (χ1n) is 4.46. The lowest BCUT2D eigenvalue weighted by Crippen LogP contribution is -2.27. The summed E-state index contributed by atoms with van der Waals surface area (Å²) in [4.78, 5) is 4.55. The van der Waals surface area contributed by atoms with Crippen molar-refractivity contribution >= 4 is 5.71 Å². The van der Waals surface area contributed by atoms with Crippen molar-refractivity contribution in [2.45, 2.75) is 51.0 Å². The van der Waals surface area contributed by atoms with Crippen molar-refractivity contribution in [1.82, 2.24) is 0 Å². The molecule has 1 saturated carbocycles. The molecule has 0 bridgehead atoms. The van der Waals surface area contributed by atoms with Gasteiger partial charge in [0.2, 0.25) is 0 Å². The van der Waals surface area contributed by atoms with Crippen LogP contribution < -0.4 is 0 Å². The molecule has 1 nitrogen and oxygen atoms in total. The van der Waals surface area contributed by atoms with E-state index in [2.05, 4.69) is 11.9 Å². The number of hydrogen-bond donors (Lipinski definition) is 0. The third-order valence-corrected chi connectivity index (χ3v) is 2.78. The highest BCUT2D eigenvalue weighted by Gasteiger charge is 2.50. The molecule has 1 aliphatic heterocycles. The Labute approximate surface area is 62.5 Å². The van der Waals surface area contributed by atoms with E-state index >= 15 is 0 Å². The Morgan fingerprint density at radius 1 is 1.50 bits per heavy atom. The molecule has 56 valence electrons. The average molecular weight is 137 g/mol. The van der Waals surface area contributed by atoms with Crippen molar-refractivity contribution in [1.29, 1.82) is 0 Å². The summed E-state index contributed by atoms with van der Waals surface area (Å²) < 4.78 is 0. The fourth-order valence-electron chi connectivity index (χ4n) is 1.78. The lowest BCUT2D eigenvalue weighted by atomic mass is 9.79. The molecule has 0 saturated heterocycles. The van der Waals surface area contributed by atoms with E-state index in [1.165, 1.54) is 38.5 Å². The van der Waals surface area contributed by atoms with Gasteiger partial charge in [-0.3, -0.25) is 4.99 Å². The largest absolute Gasteiger partial charge is 0.279 e. The summed E-state index contributed by atoms with van der Waals surface area (Å²) in [5, 5.41) is 0. The maximum Gasteiger partial charge on any atom is 0.0983 e. The molecular weight excluding hydrogens is 122 g/mol. The summed E-state index contributed by atoms with van der Waals surface area (Å²) in [6.07, 6.45) is 8.10. The summed E-state index contributed by atoms with van der Waals surface area (Å²) >= 11 is 0. The fraction of sp³-hybridized carbons (Fsp3) is 0.889. The zero-order valence-corrected chi connectivity index (χ0v) is 6.69. The van der Waals surface area contributed by atoms with Crippen LogP contribution in [0.15, 0.2) is 4.99 Å². The minimum Gasteiger partial charge on any atom is -0.279 e. The lowest BCUT2D eigenvalue weighted by Gasteiger charge is -2.24. The smallest absolute Gasteiger partial charge is 0.0983 e.